The zero-order chi connectivity index (χ0) is 18.2. The van der Waals surface area contributed by atoms with E-state index in [9.17, 15) is 4.79 Å². The first-order chi connectivity index (χ1) is 12.8. The second kappa shape index (κ2) is 10.1. The fourth-order valence-electron chi connectivity index (χ4n) is 4.29. The van der Waals surface area contributed by atoms with E-state index in [-0.39, 0.29) is 11.9 Å². The topological polar surface area (TPSA) is 35.6 Å². The second-order valence-electron chi connectivity index (χ2n) is 7.92. The molecule has 0 aliphatic carbocycles. The lowest BCUT2D eigenvalue weighted by atomic mass is 10.0. The van der Waals surface area contributed by atoms with Crippen molar-refractivity contribution in [2.45, 2.75) is 71.0 Å². The minimum atomic E-state index is 0.0714. The number of amides is 1. The summed E-state index contributed by atoms with van der Waals surface area (Å²) in [5.41, 5.74) is 2.57. The highest BCUT2D eigenvalue weighted by atomic mass is 16.2. The molecular formula is C22H35N3O. The van der Waals surface area contributed by atoms with Crippen LogP contribution in [0.15, 0.2) is 24.3 Å². The van der Waals surface area contributed by atoms with Crippen molar-refractivity contribution in [3.63, 3.8) is 0 Å². The van der Waals surface area contributed by atoms with E-state index in [0.29, 0.717) is 6.54 Å². The van der Waals surface area contributed by atoms with Crippen molar-refractivity contribution < 1.29 is 4.79 Å². The van der Waals surface area contributed by atoms with Crippen LogP contribution in [0.2, 0.25) is 0 Å². The molecule has 3 rings (SSSR count). The Hall–Kier alpha value is -1.39. The van der Waals surface area contributed by atoms with Gasteiger partial charge in [-0.25, -0.2) is 0 Å². The summed E-state index contributed by atoms with van der Waals surface area (Å²) in [5.74, 6) is 0.204. The highest BCUT2D eigenvalue weighted by Gasteiger charge is 2.27. The first kappa shape index (κ1) is 19.4. The van der Waals surface area contributed by atoms with E-state index < -0.39 is 0 Å². The van der Waals surface area contributed by atoms with Crippen LogP contribution in [0.3, 0.4) is 0 Å². The van der Waals surface area contributed by atoms with Crippen molar-refractivity contribution in [1.82, 2.24) is 15.1 Å². The Labute approximate surface area is 158 Å². The molecule has 1 aromatic rings. The molecule has 2 fully saturated rings. The minimum Gasteiger partial charge on any atom is -0.351 e. The molecule has 144 valence electrons. The fraction of sp³-hybridized carbons (Fsp3) is 0.682. The van der Waals surface area contributed by atoms with Crippen LogP contribution >= 0.6 is 0 Å². The third-order valence-electron chi connectivity index (χ3n) is 5.77. The van der Waals surface area contributed by atoms with Crippen LogP contribution in [0.1, 0.15) is 63.0 Å². The molecule has 1 amide bonds. The second-order valence-corrected chi connectivity index (χ2v) is 7.92. The van der Waals surface area contributed by atoms with Crippen molar-refractivity contribution >= 4 is 5.91 Å². The number of rotatable bonds is 7. The highest BCUT2D eigenvalue weighted by molar-refractivity contribution is 5.81. The summed E-state index contributed by atoms with van der Waals surface area (Å²) in [5, 5.41) is 3.17. The van der Waals surface area contributed by atoms with E-state index in [1.165, 1.54) is 56.3 Å². The zero-order valence-electron chi connectivity index (χ0n) is 16.4. The lowest BCUT2D eigenvalue weighted by molar-refractivity contribution is -0.127. The van der Waals surface area contributed by atoms with Crippen LogP contribution in [0.5, 0.6) is 0 Å². The Bertz CT molecular complexity index is 549. The predicted octanol–water partition coefficient (Wildman–Crippen LogP) is 3.55. The highest BCUT2D eigenvalue weighted by Crippen LogP contribution is 2.18. The molecule has 0 saturated carbocycles. The van der Waals surface area contributed by atoms with Crippen molar-refractivity contribution in [1.29, 1.82) is 0 Å². The van der Waals surface area contributed by atoms with Gasteiger partial charge in [-0.3, -0.25) is 14.6 Å². The number of benzene rings is 1. The summed E-state index contributed by atoms with van der Waals surface area (Å²) in [6.07, 6.45) is 8.56. The van der Waals surface area contributed by atoms with Gasteiger partial charge < -0.3 is 5.32 Å². The Morgan fingerprint density at radius 3 is 2.42 bits per heavy atom. The van der Waals surface area contributed by atoms with Crippen molar-refractivity contribution in [3.05, 3.63) is 35.4 Å². The smallest absolute Gasteiger partial charge is 0.237 e. The number of carbonyl (C=O) groups excluding carboxylic acids is 1. The van der Waals surface area contributed by atoms with Gasteiger partial charge in [-0.05, 0) is 69.4 Å². The molecule has 26 heavy (non-hydrogen) atoms. The van der Waals surface area contributed by atoms with Gasteiger partial charge in [-0.2, -0.15) is 0 Å². The summed E-state index contributed by atoms with van der Waals surface area (Å²) >= 11 is 0. The average molecular weight is 358 g/mol. The number of likely N-dealkylation sites (tertiary alicyclic amines) is 2. The summed E-state index contributed by atoms with van der Waals surface area (Å²) in [6, 6.07) is 8.86. The molecule has 2 saturated heterocycles. The van der Waals surface area contributed by atoms with Crippen LogP contribution < -0.4 is 5.32 Å². The van der Waals surface area contributed by atoms with E-state index in [0.717, 1.165) is 32.5 Å². The lowest BCUT2D eigenvalue weighted by Gasteiger charge is -2.34. The number of hydrogen-bond donors (Lipinski definition) is 1. The van der Waals surface area contributed by atoms with Crippen molar-refractivity contribution in [3.8, 4) is 0 Å². The van der Waals surface area contributed by atoms with Crippen molar-refractivity contribution in [2.24, 2.45) is 0 Å². The summed E-state index contributed by atoms with van der Waals surface area (Å²) in [4.78, 5) is 17.5. The fourth-order valence-corrected chi connectivity index (χ4v) is 4.29. The Morgan fingerprint density at radius 2 is 1.69 bits per heavy atom. The molecule has 2 heterocycles. The number of hydrogen-bond acceptors (Lipinski definition) is 3. The van der Waals surface area contributed by atoms with Gasteiger partial charge in [0.15, 0.2) is 0 Å². The SMILES string of the molecule is CCCN1CCCCC1C(=O)NCc1ccc(CN2CCCCC2)cc1. The molecule has 2 aliphatic heterocycles. The predicted molar refractivity (Wildman–Crippen MR) is 107 cm³/mol. The molecular weight excluding hydrogens is 322 g/mol. The number of nitrogens with one attached hydrogen (secondary N) is 1. The molecule has 0 bridgehead atoms. The molecule has 1 aromatic carbocycles. The summed E-state index contributed by atoms with van der Waals surface area (Å²) < 4.78 is 0. The average Bonchev–Trinajstić information content (AvgIpc) is 2.69. The molecule has 0 aromatic heterocycles. The molecule has 4 nitrogen and oxygen atoms in total. The maximum absolute atomic E-state index is 12.6. The van der Waals surface area contributed by atoms with Gasteiger partial charge in [0, 0.05) is 13.1 Å². The third-order valence-corrected chi connectivity index (χ3v) is 5.77. The number of piperidine rings is 2. The molecule has 2 aliphatic rings. The van der Waals surface area contributed by atoms with E-state index in [1.54, 1.807) is 0 Å². The normalized spacial score (nSPS) is 22.3. The van der Waals surface area contributed by atoms with Gasteiger partial charge in [0.05, 0.1) is 6.04 Å². The van der Waals surface area contributed by atoms with Gasteiger partial charge in [-0.1, -0.05) is 44.0 Å². The summed E-state index contributed by atoms with van der Waals surface area (Å²) in [6.45, 7) is 8.44. The van der Waals surface area contributed by atoms with E-state index in [1.807, 2.05) is 0 Å². The lowest BCUT2D eigenvalue weighted by Crippen LogP contribution is -2.49. The van der Waals surface area contributed by atoms with Crippen LogP contribution in [-0.2, 0) is 17.9 Å². The molecule has 0 spiro atoms. The molecule has 1 atom stereocenters. The monoisotopic (exact) mass is 357 g/mol. The third kappa shape index (κ3) is 5.55. The van der Waals surface area contributed by atoms with Crippen LogP contribution in [-0.4, -0.2) is 47.9 Å². The van der Waals surface area contributed by atoms with Gasteiger partial charge in [-0.15, -0.1) is 0 Å². The Morgan fingerprint density at radius 1 is 1.00 bits per heavy atom. The number of carbonyl (C=O) groups is 1. The first-order valence-electron chi connectivity index (χ1n) is 10.6. The van der Waals surface area contributed by atoms with E-state index >= 15 is 0 Å². The van der Waals surface area contributed by atoms with E-state index in [2.05, 4.69) is 46.3 Å². The van der Waals surface area contributed by atoms with Gasteiger partial charge in [0.1, 0.15) is 0 Å². The van der Waals surface area contributed by atoms with Crippen LogP contribution in [0, 0.1) is 0 Å². The first-order valence-corrected chi connectivity index (χ1v) is 10.6. The van der Waals surface area contributed by atoms with Crippen LogP contribution in [0.25, 0.3) is 0 Å². The molecule has 4 heteroatoms. The maximum Gasteiger partial charge on any atom is 0.237 e. The Balaban J connectivity index is 1.47. The quantitative estimate of drug-likeness (QED) is 0.810. The van der Waals surface area contributed by atoms with E-state index in [4.69, 9.17) is 0 Å². The summed E-state index contributed by atoms with van der Waals surface area (Å²) in [7, 11) is 0. The maximum atomic E-state index is 12.6. The van der Waals surface area contributed by atoms with Gasteiger partial charge >= 0.3 is 0 Å². The largest absolute Gasteiger partial charge is 0.351 e. The van der Waals surface area contributed by atoms with Crippen LogP contribution in [0.4, 0.5) is 0 Å². The molecule has 1 unspecified atom stereocenters. The van der Waals surface area contributed by atoms with Crippen molar-refractivity contribution in [2.75, 3.05) is 26.2 Å². The standard InChI is InChI=1S/C22H35N3O/c1-2-13-25-16-7-4-8-21(25)22(26)23-17-19-9-11-20(12-10-19)18-24-14-5-3-6-15-24/h9-12,21H,2-8,13-18H2,1H3,(H,23,26). The Kier molecular flexibility index (Phi) is 7.51. The molecule has 1 N–H and O–H groups in total. The minimum absolute atomic E-state index is 0.0714. The number of nitrogens with zero attached hydrogens (tertiary/aromatic N) is 2. The van der Waals surface area contributed by atoms with Gasteiger partial charge in [0.2, 0.25) is 5.91 Å². The molecule has 0 radical (unpaired) electrons. The zero-order valence-corrected chi connectivity index (χ0v) is 16.4. The van der Waals surface area contributed by atoms with Gasteiger partial charge in [0.25, 0.3) is 0 Å².